The molecule has 0 saturated carbocycles. The number of aliphatic hydroxyl groups is 1. The number of carbonyl (C=O) groups is 1. The average molecular weight is 250 g/mol. The molecule has 0 radical (unpaired) electrons. The Labute approximate surface area is 106 Å². The van der Waals surface area contributed by atoms with Gasteiger partial charge in [0.25, 0.3) is 0 Å². The van der Waals surface area contributed by atoms with Crippen LogP contribution in [-0.2, 0) is 0 Å². The van der Waals surface area contributed by atoms with E-state index in [-0.39, 0.29) is 6.03 Å². The Hall–Kier alpha value is -1.75. The molecule has 1 aromatic carbocycles. The van der Waals surface area contributed by atoms with Crippen molar-refractivity contribution in [1.82, 2.24) is 4.90 Å². The number of hydrogen-bond acceptors (Lipinski definition) is 3. The van der Waals surface area contributed by atoms with Crippen molar-refractivity contribution >= 4 is 11.7 Å². The molecule has 1 saturated heterocycles. The largest absolute Gasteiger partial charge is 0.495 e. The quantitative estimate of drug-likeness (QED) is 0.839. The van der Waals surface area contributed by atoms with Crippen LogP contribution in [0.1, 0.15) is 12.8 Å². The fraction of sp³-hybridized carbons (Fsp3) is 0.462. The van der Waals surface area contributed by atoms with E-state index in [9.17, 15) is 9.90 Å². The third-order valence-electron chi connectivity index (χ3n) is 3.03. The van der Waals surface area contributed by atoms with E-state index in [4.69, 9.17) is 4.74 Å². The number of methoxy groups -OCH3 is 1. The maximum atomic E-state index is 12.0. The van der Waals surface area contributed by atoms with Crippen LogP contribution in [0.3, 0.4) is 0 Å². The Morgan fingerprint density at radius 2 is 2.28 bits per heavy atom. The van der Waals surface area contributed by atoms with Gasteiger partial charge in [-0.1, -0.05) is 12.1 Å². The molecule has 1 aromatic rings. The van der Waals surface area contributed by atoms with Gasteiger partial charge in [0.2, 0.25) is 0 Å². The predicted molar refractivity (Wildman–Crippen MR) is 68.8 cm³/mol. The molecule has 0 aliphatic carbocycles. The lowest BCUT2D eigenvalue weighted by atomic mass is 10.1. The zero-order chi connectivity index (χ0) is 13.0. The second kappa shape index (κ2) is 5.73. The number of ether oxygens (including phenoxy) is 1. The smallest absolute Gasteiger partial charge is 0.322 e. The number of benzene rings is 1. The number of para-hydroxylation sites is 2. The number of nitrogens with zero attached hydrogens (tertiary/aromatic N) is 1. The number of rotatable bonds is 2. The first-order valence-electron chi connectivity index (χ1n) is 6.07. The Morgan fingerprint density at radius 1 is 1.50 bits per heavy atom. The summed E-state index contributed by atoms with van der Waals surface area (Å²) in [6.07, 6.45) is 1.18. The van der Waals surface area contributed by atoms with Gasteiger partial charge in [-0.05, 0) is 25.0 Å². The van der Waals surface area contributed by atoms with Gasteiger partial charge in [0.05, 0.1) is 18.9 Å². The minimum Gasteiger partial charge on any atom is -0.495 e. The minimum absolute atomic E-state index is 0.196. The van der Waals surface area contributed by atoms with Crippen LogP contribution in [-0.4, -0.2) is 42.3 Å². The van der Waals surface area contributed by atoms with Crippen molar-refractivity contribution < 1.29 is 14.6 Å². The van der Waals surface area contributed by atoms with Crippen LogP contribution in [0.15, 0.2) is 24.3 Å². The molecular weight excluding hydrogens is 232 g/mol. The van der Waals surface area contributed by atoms with Gasteiger partial charge in [0.1, 0.15) is 5.75 Å². The van der Waals surface area contributed by atoms with E-state index in [1.807, 2.05) is 12.1 Å². The second-order valence-electron chi connectivity index (χ2n) is 4.37. The number of β-amino-alcohol motifs (C(OH)–C–C–N with tert-alkyl or cyclic N) is 1. The van der Waals surface area contributed by atoms with Crippen LogP contribution < -0.4 is 10.1 Å². The average Bonchev–Trinajstić information content (AvgIpc) is 2.39. The van der Waals surface area contributed by atoms with E-state index in [0.717, 1.165) is 12.8 Å². The normalized spacial score (nSPS) is 19.4. The maximum absolute atomic E-state index is 12.0. The summed E-state index contributed by atoms with van der Waals surface area (Å²) in [5.41, 5.74) is 0.644. The van der Waals surface area contributed by atoms with E-state index in [2.05, 4.69) is 5.32 Å². The Balaban J connectivity index is 2.02. The van der Waals surface area contributed by atoms with Gasteiger partial charge >= 0.3 is 6.03 Å². The molecule has 2 amide bonds. The van der Waals surface area contributed by atoms with Crippen LogP contribution in [0.4, 0.5) is 10.5 Å². The third kappa shape index (κ3) is 2.92. The highest BCUT2D eigenvalue weighted by molar-refractivity contribution is 5.91. The molecule has 5 heteroatoms. The topological polar surface area (TPSA) is 61.8 Å². The van der Waals surface area contributed by atoms with Crippen molar-refractivity contribution in [3.8, 4) is 5.75 Å². The van der Waals surface area contributed by atoms with Gasteiger partial charge in [-0.3, -0.25) is 0 Å². The van der Waals surface area contributed by atoms with Crippen molar-refractivity contribution in [3.05, 3.63) is 24.3 Å². The lowest BCUT2D eigenvalue weighted by Gasteiger charge is -2.30. The summed E-state index contributed by atoms with van der Waals surface area (Å²) in [6, 6.07) is 7.07. The highest BCUT2D eigenvalue weighted by atomic mass is 16.5. The molecule has 18 heavy (non-hydrogen) atoms. The van der Waals surface area contributed by atoms with Crippen molar-refractivity contribution in [2.75, 3.05) is 25.5 Å². The molecule has 5 nitrogen and oxygen atoms in total. The summed E-state index contributed by atoms with van der Waals surface area (Å²) >= 11 is 0. The predicted octanol–water partition coefficient (Wildman–Crippen LogP) is 1.68. The summed E-state index contributed by atoms with van der Waals surface area (Å²) < 4.78 is 5.17. The van der Waals surface area contributed by atoms with Crippen molar-refractivity contribution in [2.45, 2.75) is 18.9 Å². The summed E-state index contributed by atoms with van der Waals surface area (Å²) in [4.78, 5) is 13.7. The fourth-order valence-electron chi connectivity index (χ4n) is 2.08. The monoisotopic (exact) mass is 250 g/mol. The van der Waals surface area contributed by atoms with Gasteiger partial charge < -0.3 is 20.1 Å². The van der Waals surface area contributed by atoms with Crippen molar-refractivity contribution in [2.24, 2.45) is 0 Å². The lowest BCUT2D eigenvalue weighted by molar-refractivity contribution is 0.0883. The molecule has 98 valence electrons. The second-order valence-corrected chi connectivity index (χ2v) is 4.37. The molecule has 0 unspecified atom stereocenters. The third-order valence-corrected chi connectivity index (χ3v) is 3.03. The lowest BCUT2D eigenvalue weighted by Crippen LogP contribution is -2.44. The van der Waals surface area contributed by atoms with E-state index in [1.165, 1.54) is 0 Å². The van der Waals surface area contributed by atoms with Gasteiger partial charge in [-0.15, -0.1) is 0 Å². The van der Waals surface area contributed by atoms with E-state index in [0.29, 0.717) is 24.5 Å². The minimum atomic E-state index is -0.415. The van der Waals surface area contributed by atoms with Crippen LogP contribution in [0.2, 0.25) is 0 Å². The molecule has 0 bridgehead atoms. The number of urea groups is 1. The first-order chi connectivity index (χ1) is 8.70. The number of nitrogens with one attached hydrogen (secondary N) is 1. The molecule has 0 aromatic heterocycles. The summed E-state index contributed by atoms with van der Waals surface area (Å²) in [5, 5.41) is 12.4. The number of amides is 2. The number of piperidine rings is 1. The summed E-state index contributed by atoms with van der Waals surface area (Å²) in [6.45, 7) is 1.07. The highest BCUT2D eigenvalue weighted by Crippen LogP contribution is 2.23. The standard InChI is InChI=1S/C13H18N2O3/c1-18-12-7-3-2-6-11(12)14-13(17)15-8-4-5-10(16)9-15/h2-3,6-7,10,16H,4-5,8-9H2,1H3,(H,14,17)/t10-/m0/s1. The maximum Gasteiger partial charge on any atom is 0.322 e. The molecule has 2 N–H and O–H groups in total. The Kier molecular flexibility index (Phi) is 4.04. The zero-order valence-corrected chi connectivity index (χ0v) is 10.4. The van der Waals surface area contributed by atoms with E-state index < -0.39 is 6.10 Å². The molecule has 2 rings (SSSR count). The van der Waals surface area contributed by atoms with Crippen LogP contribution >= 0.6 is 0 Å². The zero-order valence-electron chi connectivity index (χ0n) is 10.4. The van der Waals surface area contributed by atoms with Crippen molar-refractivity contribution in [1.29, 1.82) is 0 Å². The number of likely N-dealkylation sites (tertiary alicyclic amines) is 1. The first kappa shape index (κ1) is 12.7. The number of carbonyl (C=O) groups excluding carboxylic acids is 1. The van der Waals surface area contributed by atoms with Crippen LogP contribution in [0, 0.1) is 0 Å². The van der Waals surface area contributed by atoms with Gasteiger partial charge in [0.15, 0.2) is 0 Å². The molecule has 1 atom stereocenters. The number of hydrogen-bond donors (Lipinski definition) is 2. The molecule has 1 aliphatic heterocycles. The van der Waals surface area contributed by atoms with E-state index >= 15 is 0 Å². The Morgan fingerprint density at radius 3 is 3.00 bits per heavy atom. The molecular formula is C13H18N2O3. The van der Waals surface area contributed by atoms with E-state index in [1.54, 1.807) is 24.1 Å². The molecule has 1 heterocycles. The summed E-state index contributed by atoms with van der Waals surface area (Å²) in [7, 11) is 1.57. The first-order valence-corrected chi connectivity index (χ1v) is 6.07. The summed E-state index contributed by atoms with van der Waals surface area (Å²) in [5.74, 6) is 0.628. The highest BCUT2D eigenvalue weighted by Gasteiger charge is 2.22. The van der Waals surface area contributed by atoms with Gasteiger partial charge in [0, 0.05) is 13.1 Å². The molecule has 1 aliphatic rings. The van der Waals surface area contributed by atoms with Gasteiger partial charge in [-0.25, -0.2) is 4.79 Å². The number of aliphatic hydroxyl groups excluding tert-OH is 1. The number of anilines is 1. The Bertz CT molecular complexity index is 422. The SMILES string of the molecule is COc1ccccc1NC(=O)N1CCC[C@H](O)C1. The van der Waals surface area contributed by atoms with Crippen LogP contribution in [0.5, 0.6) is 5.75 Å². The molecule has 1 fully saturated rings. The fourth-order valence-corrected chi connectivity index (χ4v) is 2.08. The van der Waals surface area contributed by atoms with Crippen molar-refractivity contribution in [3.63, 3.8) is 0 Å². The van der Waals surface area contributed by atoms with Gasteiger partial charge in [-0.2, -0.15) is 0 Å². The van der Waals surface area contributed by atoms with Crippen LogP contribution in [0.25, 0.3) is 0 Å². The molecule has 0 spiro atoms.